The van der Waals surface area contributed by atoms with Crippen molar-refractivity contribution in [2.24, 2.45) is 0 Å². The van der Waals surface area contributed by atoms with Gasteiger partial charge in [0.2, 0.25) is 0 Å². The smallest absolute Gasteiger partial charge is 0.155 e. The van der Waals surface area contributed by atoms with Crippen molar-refractivity contribution in [1.82, 2.24) is 4.98 Å². The molecule has 0 bridgehead atoms. The van der Waals surface area contributed by atoms with Crippen molar-refractivity contribution in [2.45, 2.75) is 45.1 Å². The Morgan fingerprint density at radius 1 is 1.25 bits per heavy atom. The van der Waals surface area contributed by atoms with E-state index in [-0.39, 0.29) is 12.4 Å². The zero-order chi connectivity index (χ0) is 12.0. The molecule has 0 spiro atoms. The summed E-state index contributed by atoms with van der Waals surface area (Å²) < 4.78 is 11.0. The quantitative estimate of drug-likeness (QED) is 0.594. The molecule has 0 fully saturated rings. The lowest BCUT2D eigenvalue weighted by Gasteiger charge is -2.16. The van der Waals surface area contributed by atoms with Gasteiger partial charge in [0, 0.05) is 5.33 Å². The second kappa shape index (κ2) is 6.99. The molecule has 4 heteroatoms. The van der Waals surface area contributed by atoms with E-state index in [1.807, 2.05) is 39.0 Å². The maximum atomic E-state index is 5.54. The summed E-state index contributed by atoms with van der Waals surface area (Å²) in [7, 11) is 0. The maximum Gasteiger partial charge on any atom is 0.155 e. The molecule has 0 aliphatic rings. The third kappa shape index (κ3) is 5.05. The van der Waals surface area contributed by atoms with Crippen molar-refractivity contribution in [1.29, 1.82) is 0 Å². The number of hydrogen-bond donors (Lipinski definition) is 0. The molecule has 1 unspecified atom stereocenters. The van der Waals surface area contributed by atoms with Crippen molar-refractivity contribution >= 4 is 15.9 Å². The second-order valence-corrected chi connectivity index (χ2v) is 4.38. The predicted molar refractivity (Wildman–Crippen MR) is 67.3 cm³/mol. The maximum absolute atomic E-state index is 5.54. The third-order valence-corrected chi connectivity index (χ3v) is 2.51. The molecule has 0 radical (unpaired) electrons. The summed E-state index contributed by atoms with van der Waals surface area (Å²) in [5, 5.41) is 0.763. The van der Waals surface area contributed by atoms with Crippen LogP contribution in [0.3, 0.4) is 0 Å². The molecule has 0 aliphatic heterocycles. The van der Waals surface area contributed by atoms with Crippen LogP contribution in [0.4, 0.5) is 0 Å². The Kier molecular flexibility index (Phi) is 5.95. The highest BCUT2D eigenvalue weighted by molar-refractivity contribution is 9.08. The molecule has 0 saturated carbocycles. The van der Waals surface area contributed by atoms with E-state index in [0.717, 1.165) is 16.7 Å². The summed E-state index contributed by atoms with van der Waals surface area (Å²) in [6.45, 7) is 6.36. The average molecular weight is 288 g/mol. The molecular weight excluding hydrogens is 270 g/mol. The first-order valence-electron chi connectivity index (χ1n) is 5.39. The summed E-state index contributed by atoms with van der Waals surface area (Å²) >= 11 is 3.38. The van der Waals surface area contributed by atoms with Gasteiger partial charge < -0.3 is 9.47 Å². The number of aromatic nitrogens is 1. The first-order chi connectivity index (χ1) is 7.61. The molecule has 0 aromatic carbocycles. The minimum Gasteiger partial charge on any atom is -0.350 e. The van der Waals surface area contributed by atoms with Gasteiger partial charge in [0.25, 0.3) is 0 Å². The van der Waals surface area contributed by atoms with Crippen molar-refractivity contribution in [3.8, 4) is 0 Å². The lowest BCUT2D eigenvalue weighted by Crippen LogP contribution is -2.17. The molecule has 90 valence electrons. The Bertz CT molecular complexity index is 318. The number of rotatable bonds is 6. The number of alkyl halides is 1. The highest BCUT2D eigenvalue weighted by Crippen LogP contribution is 2.07. The molecule has 1 aromatic rings. The second-order valence-electron chi connectivity index (χ2n) is 3.82. The van der Waals surface area contributed by atoms with E-state index in [4.69, 9.17) is 9.47 Å². The predicted octanol–water partition coefficient (Wildman–Crippen LogP) is 3.26. The van der Waals surface area contributed by atoms with E-state index in [0.29, 0.717) is 6.61 Å². The number of pyridine rings is 1. The lowest BCUT2D eigenvalue weighted by molar-refractivity contribution is -0.158. The van der Waals surface area contributed by atoms with Gasteiger partial charge in [0.1, 0.15) is 0 Å². The van der Waals surface area contributed by atoms with Crippen LogP contribution in [-0.2, 0) is 21.4 Å². The lowest BCUT2D eigenvalue weighted by atomic mass is 10.3. The van der Waals surface area contributed by atoms with Crippen LogP contribution in [0.1, 0.15) is 32.2 Å². The zero-order valence-electron chi connectivity index (χ0n) is 9.94. The van der Waals surface area contributed by atoms with E-state index in [2.05, 4.69) is 20.9 Å². The van der Waals surface area contributed by atoms with Crippen molar-refractivity contribution in [3.63, 3.8) is 0 Å². The standard InChI is InChI=1S/C12H18BrNO2/c1-9(2)16-10(3)15-8-12-6-4-5-11(7-13)14-12/h4-6,9-10H,7-8H2,1-3H3. The molecule has 1 rings (SSSR count). The highest BCUT2D eigenvalue weighted by atomic mass is 79.9. The molecule has 3 nitrogen and oxygen atoms in total. The summed E-state index contributed by atoms with van der Waals surface area (Å²) in [6.07, 6.45) is -0.0220. The first kappa shape index (κ1) is 13.6. The number of ether oxygens (including phenoxy) is 2. The van der Waals surface area contributed by atoms with Gasteiger partial charge in [-0.25, -0.2) is 0 Å². The minimum absolute atomic E-state index is 0.178. The SMILES string of the molecule is CC(C)OC(C)OCc1cccc(CBr)n1. The fourth-order valence-corrected chi connectivity index (χ4v) is 1.62. The van der Waals surface area contributed by atoms with E-state index >= 15 is 0 Å². The third-order valence-electron chi connectivity index (χ3n) is 1.93. The van der Waals surface area contributed by atoms with Gasteiger partial charge in [0.15, 0.2) is 6.29 Å². The van der Waals surface area contributed by atoms with Gasteiger partial charge in [-0.3, -0.25) is 4.98 Å². The van der Waals surface area contributed by atoms with Gasteiger partial charge in [-0.2, -0.15) is 0 Å². The van der Waals surface area contributed by atoms with E-state index in [9.17, 15) is 0 Å². The summed E-state index contributed by atoms with van der Waals surface area (Å²) in [5.74, 6) is 0. The molecule has 1 aromatic heterocycles. The topological polar surface area (TPSA) is 31.4 Å². The van der Waals surface area contributed by atoms with Crippen LogP contribution in [0.25, 0.3) is 0 Å². The van der Waals surface area contributed by atoms with E-state index < -0.39 is 0 Å². The Morgan fingerprint density at radius 3 is 2.56 bits per heavy atom. The van der Waals surface area contributed by atoms with Crippen LogP contribution >= 0.6 is 15.9 Å². The number of nitrogens with zero attached hydrogens (tertiary/aromatic N) is 1. The largest absolute Gasteiger partial charge is 0.350 e. The van der Waals surface area contributed by atoms with Crippen molar-refractivity contribution < 1.29 is 9.47 Å². The van der Waals surface area contributed by atoms with Gasteiger partial charge >= 0.3 is 0 Å². The number of halogens is 1. The summed E-state index contributed by atoms with van der Waals surface area (Å²) in [6, 6.07) is 5.91. The molecule has 0 amide bonds. The molecular formula is C12H18BrNO2. The fourth-order valence-electron chi connectivity index (χ4n) is 1.31. The van der Waals surface area contributed by atoms with Crippen LogP contribution in [0.5, 0.6) is 0 Å². The van der Waals surface area contributed by atoms with E-state index in [1.165, 1.54) is 0 Å². The molecule has 1 atom stereocenters. The Morgan fingerprint density at radius 2 is 1.94 bits per heavy atom. The monoisotopic (exact) mass is 287 g/mol. The molecule has 0 saturated heterocycles. The Hall–Kier alpha value is -0.450. The number of hydrogen-bond acceptors (Lipinski definition) is 3. The molecule has 1 heterocycles. The van der Waals surface area contributed by atoms with Crippen LogP contribution in [-0.4, -0.2) is 17.4 Å². The van der Waals surface area contributed by atoms with Gasteiger partial charge in [-0.15, -0.1) is 0 Å². The fraction of sp³-hybridized carbons (Fsp3) is 0.583. The normalized spacial score (nSPS) is 13.1. The summed E-state index contributed by atoms with van der Waals surface area (Å²) in [5.41, 5.74) is 1.94. The van der Waals surface area contributed by atoms with Crippen LogP contribution in [0, 0.1) is 0 Å². The van der Waals surface area contributed by atoms with Crippen molar-refractivity contribution in [2.75, 3.05) is 0 Å². The first-order valence-corrected chi connectivity index (χ1v) is 6.51. The van der Waals surface area contributed by atoms with E-state index in [1.54, 1.807) is 0 Å². The highest BCUT2D eigenvalue weighted by Gasteiger charge is 2.05. The Balaban J connectivity index is 2.41. The molecule has 0 aliphatic carbocycles. The van der Waals surface area contributed by atoms with Crippen molar-refractivity contribution in [3.05, 3.63) is 29.6 Å². The van der Waals surface area contributed by atoms with Gasteiger partial charge in [-0.05, 0) is 32.9 Å². The van der Waals surface area contributed by atoms with Gasteiger partial charge in [-0.1, -0.05) is 22.0 Å². The van der Waals surface area contributed by atoms with Crippen LogP contribution < -0.4 is 0 Å². The Labute approximate surface area is 105 Å². The van der Waals surface area contributed by atoms with Crippen LogP contribution in [0.2, 0.25) is 0 Å². The minimum atomic E-state index is -0.200. The molecule has 0 N–H and O–H groups in total. The zero-order valence-corrected chi connectivity index (χ0v) is 11.5. The molecule has 16 heavy (non-hydrogen) atoms. The average Bonchev–Trinajstić information content (AvgIpc) is 2.26. The summed E-state index contributed by atoms with van der Waals surface area (Å²) in [4.78, 5) is 4.41. The van der Waals surface area contributed by atoms with Crippen LogP contribution in [0.15, 0.2) is 18.2 Å². The van der Waals surface area contributed by atoms with Gasteiger partial charge in [0.05, 0.1) is 24.1 Å².